The summed E-state index contributed by atoms with van der Waals surface area (Å²) in [5.41, 5.74) is 5.75. The van der Waals surface area contributed by atoms with Gasteiger partial charge in [-0.05, 0) is 26.9 Å². The number of rotatable bonds is 3. The fourth-order valence-electron chi connectivity index (χ4n) is 2.60. The number of nitrogens with two attached hydrogens (primary N) is 1. The van der Waals surface area contributed by atoms with Crippen LogP contribution in [0, 0.1) is 0 Å². The molecule has 100 valence electrons. The summed E-state index contributed by atoms with van der Waals surface area (Å²) in [5.74, 6) is 0.323. The molecule has 0 amide bonds. The molecule has 2 rings (SSSR count). The fraction of sp³-hybridized carbons (Fsp3) is 0.667. The van der Waals surface area contributed by atoms with Crippen molar-refractivity contribution in [3.63, 3.8) is 0 Å². The zero-order chi connectivity index (χ0) is 13.3. The van der Waals surface area contributed by atoms with Crippen LogP contribution in [0.1, 0.15) is 37.3 Å². The number of hydrogen-bond donors (Lipinski definition) is 2. The van der Waals surface area contributed by atoms with E-state index in [4.69, 9.17) is 5.73 Å². The number of hydrogen-bond acceptors (Lipinski definition) is 4. The van der Waals surface area contributed by atoms with E-state index in [1.165, 1.54) is 0 Å². The summed E-state index contributed by atoms with van der Waals surface area (Å²) in [7, 11) is 3.73. The number of anilines is 1. The zero-order valence-electron chi connectivity index (χ0n) is 10.9. The van der Waals surface area contributed by atoms with Crippen molar-refractivity contribution in [2.24, 2.45) is 0 Å². The first-order valence-corrected chi connectivity index (χ1v) is 6.28. The molecule has 0 unspecified atom stereocenters. The normalized spacial score (nSPS) is 16.6. The maximum Gasteiger partial charge on any atom is 0.330 e. The molecule has 0 atom stereocenters. The summed E-state index contributed by atoms with van der Waals surface area (Å²) in [5, 5.41) is 0. The Bertz CT molecular complexity index is 538. The third-order valence-electron chi connectivity index (χ3n) is 3.45. The topological polar surface area (TPSA) is 84.1 Å². The molecule has 6 nitrogen and oxygen atoms in total. The van der Waals surface area contributed by atoms with Crippen molar-refractivity contribution in [3.05, 3.63) is 26.4 Å². The van der Waals surface area contributed by atoms with Crippen LogP contribution in [0.4, 0.5) is 5.82 Å². The van der Waals surface area contributed by atoms with Gasteiger partial charge in [0.05, 0.1) is 5.56 Å². The maximum atomic E-state index is 11.9. The molecule has 0 saturated heterocycles. The van der Waals surface area contributed by atoms with E-state index < -0.39 is 0 Å². The first-order chi connectivity index (χ1) is 8.50. The molecule has 1 aliphatic carbocycles. The third kappa shape index (κ3) is 2.33. The number of aromatic amines is 1. The van der Waals surface area contributed by atoms with Gasteiger partial charge in [0.1, 0.15) is 5.82 Å². The van der Waals surface area contributed by atoms with Gasteiger partial charge in [0.2, 0.25) is 0 Å². The Labute approximate surface area is 105 Å². The van der Waals surface area contributed by atoms with E-state index in [9.17, 15) is 9.59 Å². The molecule has 1 aromatic rings. The molecule has 1 fully saturated rings. The molecule has 18 heavy (non-hydrogen) atoms. The lowest BCUT2D eigenvalue weighted by Gasteiger charge is -2.19. The molecule has 1 aliphatic rings. The largest absolute Gasteiger partial charge is 0.385 e. The molecule has 1 heterocycles. The van der Waals surface area contributed by atoms with Crippen LogP contribution in [0.25, 0.3) is 0 Å². The summed E-state index contributed by atoms with van der Waals surface area (Å²) >= 11 is 0. The molecule has 0 radical (unpaired) electrons. The third-order valence-corrected chi connectivity index (χ3v) is 3.45. The van der Waals surface area contributed by atoms with E-state index in [0.29, 0.717) is 17.9 Å². The second kappa shape index (κ2) is 4.97. The van der Waals surface area contributed by atoms with E-state index in [2.05, 4.69) is 4.98 Å². The first-order valence-electron chi connectivity index (χ1n) is 6.28. The zero-order valence-corrected chi connectivity index (χ0v) is 10.9. The van der Waals surface area contributed by atoms with Gasteiger partial charge < -0.3 is 10.6 Å². The molecular weight excluding hydrogens is 232 g/mol. The highest BCUT2D eigenvalue weighted by Gasteiger charge is 2.22. The van der Waals surface area contributed by atoms with Crippen LogP contribution in [-0.2, 0) is 6.54 Å². The van der Waals surface area contributed by atoms with Gasteiger partial charge in [0, 0.05) is 12.6 Å². The van der Waals surface area contributed by atoms with Crippen LogP contribution < -0.4 is 17.0 Å². The monoisotopic (exact) mass is 252 g/mol. The number of nitrogen functional groups attached to an aromatic ring is 1. The first kappa shape index (κ1) is 12.9. The van der Waals surface area contributed by atoms with Gasteiger partial charge in [0.15, 0.2) is 0 Å². The van der Waals surface area contributed by atoms with Gasteiger partial charge in [-0.15, -0.1) is 0 Å². The lowest BCUT2D eigenvalue weighted by Crippen LogP contribution is -2.37. The maximum absolute atomic E-state index is 11.9. The Morgan fingerprint density at radius 2 is 1.94 bits per heavy atom. The minimum atomic E-state index is -0.382. The summed E-state index contributed by atoms with van der Waals surface area (Å²) < 4.78 is 1.56. The van der Waals surface area contributed by atoms with Crippen molar-refractivity contribution >= 4 is 5.82 Å². The second-order valence-electron chi connectivity index (χ2n) is 5.17. The van der Waals surface area contributed by atoms with Gasteiger partial charge in [-0.2, -0.15) is 0 Å². The van der Waals surface area contributed by atoms with Crippen molar-refractivity contribution in [1.29, 1.82) is 0 Å². The lowest BCUT2D eigenvalue weighted by molar-refractivity contribution is 0.396. The van der Waals surface area contributed by atoms with Gasteiger partial charge in [-0.1, -0.05) is 12.8 Å². The van der Waals surface area contributed by atoms with Crippen molar-refractivity contribution in [2.75, 3.05) is 19.8 Å². The van der Waals surface area contributed by atoms with E-state index in [0.717, 1.165) is 25.7 Å². The van der Waals surface area contributed by atoms with Crippen LogP contribution >= 0.6 is 0 Å². The van der Waals surface area contributed by atoms with Crippen molar-refractivity contribution in [1.82, 2.24) is 14.5 Å². The minimum Gasteiger partial charge on any atom is -0.385 e. The summed E-state index contributed by atoms with van der Waals surface area (Å²) in [6, 6.07) is 0.135. The predicted octanol–water partition coefficient (Wildman–Crippen LogP) is 0.296. The molecule has 0 aliphatic heterocycles. The van der Waals surface area contributed by atoms with Crippen LogP contribution in [0.3, 0.4) is 0 Å². The Morgan fingerprint density at radius 3 is 2.50 bits per heavy atom. The summed E-state index contributed by atoms with van der Waals surface area (Å²) in [6.07, 6.45) is 4.13. The van der Waals surface area contributed by atoms with E-state index in [1.54, 1.807) is 4.57 Å². The van der Waals surface area contributed by atoms with Gasteiger partial charge in [-0.3, -0.25) is 14.3 Å². The average molecular weight is 252 g/mol. The van der Waals surface area contributed by atoms with E-state index in [1.807, 2.05) is 19.0 Å². The smallest absolute Gasteiger partial charge is 0.330 e. The predicted molar refractivity (Wildman–Crippen MR) is 70.6 cm³/mol. The molecule has 0 bridgehead atoms. The Hall–Kier alpha value is -1.56. The number of aromatic nitrogens is 2. The number of nitrogens with zero attached hydrogens (tertiary/aromatic N) is 2. The van der Waals surface area contributed by atoms with Crippen molar-refractivity contribution in [2.45, 2.75) is 38.3 Å². The molecule has 6 heteroatoms. The highest BCUT2D eigenvalue weighted by atomic mass is 16.2. The molecule has 0 aromatic carbocycles. The van der Waals surface area contributed by atoms with Crippen LogP contribution in [0.15, 0.2) is 9.59 Å². The molecule has 1 aromatic heterocycles. The fourth-order valence-corrected chi connectivity index (χ4v) is 2.60. The van der Waals surface area contributed by atoms with Crippen molar-refractivity contribution in [3.8, 4) is 0 Å². The molecule has 3 N–H and O–H groups in total. The van der Waals surface area contributed by atoms with E-state index >= 15 is 0 Å². The lowest BCUT2D eigenvalue weighted by atomic mass is 10.2. The average Bonchev–Trinajstić information content (AvgIpc) is 2.77. The Kier molecular flexibility index (Phi) is 3.56. The quantitative estimate of drug-likeness (QED) is 0.810. The minimum absolute atomic E-state index is 0.135. The Morgan fingerprint density at radius 1 is 1.33 bits per heavy atom. The standard InChI is InChI=1S/C12H20N4O2/c1-15(2)7-9-10(13)16(8-5-3-4-6-8)12(18)14-11(9)17/h8H,3-7,13H2,1-2H3,(H,14,17,18). The van der Waals surface area contributed by atoms with Crippen LogP contribution in [0.2, 0.25) is 0 Å². The SMILES string of the molecule is CN(C)Cc1c(N)n(C2CCCC2)c(=O)[nH]c1=O. The number of H-pyrrole nitrogens is 1. The summed E-state index contributed by atoms with van der Waals surface area (Å²) in [6.45, 7) is 0.439. The molecule has 1 saturated carbocycles. The Balaban J connectivity index is 2.52. The molecular formula is C12H20N4O2. The van der Waals surface area contributed by atoms with Gasteiger partial charge in [-0.25, -0.2) is 4.79 Å². The second-order valence-corrected chi connectivity index (χ2v) is 5.17. The van der Waals surface area contributed by atoms with Crippen LogP contribution in [0.5, 0.6) is 0 Å². The van der Waals surface area contributed by atoms with E-state index in [-0.39, 0.29) is 17.3 Å². The van der Waals surface area contributed by atoms with Crippen LogP contribution in [-0.4, -0.2) is 28.5 Å². The highest BCUT2D eigenvalue weighted by molar-refractivity contribution is 5.38. The highest BCUT2D eigenvalue weighted by Crippen LogP contribution is 2.30. The summed E-state index contributed by atoms with van der Waals surface area (Å²) in [4.78, 5) is 27.9. The van der Waals surface area contributed by atoms with Crippen molar-refractivity contribution < 1.29 is 0 Å². The molecule has 0 spiro atoms. The van der Waals surface area contributed by atoms with Gasteiger partial charge >= 0.3 is 5.69 Å². The van der Waals surface area contributed by atoms with Gasteiger partial charge in [0.25, 0.3) is 5.56 Å². The number of nitrogens with one attached hydrogen (secondary N) is 1.